The number of thiol groups is 1. The lowest BCUT2D eigenvalue weighted by Gasteiger charge is -1.98. The van der Waals surface area contributed by atoms with Gasteiger partial charge in [0.05, 0.1) is 11.6 Å². The Morgan fingerprint density at radius 3 is 2.92 bits per heavy atom. The molecule has 0 aromatic heterocycles. The molecule has 1 aromatic carbocycles. The summed E-state index contributed by atoms with van der Waals surface area (Å²) in [5.41, 5.74) is 1.46. The number of benzene rings is 1. The first kappa shape index (κ1) is 9.82. The van der Waals surface area contributed by atoms with E-state index in [1.54, 1.807) is 18.2 Å². The van der Waals surface area contributed by atoms with Gasteiger partial charge in [-0.3, -0.25) is 4.79 Å². The largest absolute Gasteiger partial charge is 0.298 e. The summed E-state index contributed by atoms with van der Waals surface area (Å²) in [5, 5.41) is 8.60. The molecular formula is C10H9NOS. The molecule has 0 aliphatic carbocycles. The lowest BCUT2D eigenvalue weighted by atomic mass is 10.1. The molecule has 0 heterocycles. The Balaban J connectivity index is 2.79. The topological polar surface area (TPSA) is 40.9 Å². The fourth-order valence-corrected chi connectivity index (χ4v) is 1.15. The van der Waals surface area contributed by atoms with Crippen molar-refractivity contribution in [2.24, 2.45) is 0 Å². The number of hydrogen-bond acceptors (Lipinski definition) is 3. The third kappa shape index (κ3) is 2.92. The van der Waals surface area contributed by atoms with E-state index in [4.69, 9.17) is 5.26 Å². The highest BCUT2D eigenvalue weighted by Crippen LogP contribution is 2.05. The van der Waals surface area contributed by atoms with Gasteiger partial charge >= 0.3 is 0 Å². The summed E-state index contributed by atoms with van der Waals surface area (Å²) < 4.78 is 0. The van der Waals surface area contributed by atoms with Gasteiger partial charge in [-0.15, -0.1) is 0 Å². The van der Waals surface area contributed by atoms with Gasteiger partial charge in [-0.05, 0) is 17.7 Å². The number of hydrogen-bond donors (Lipinski definition) is 1. The van der Waals surface area contributed by atoms with Crippen molar-refractivity contribution in [3.8, 4) is 6.07 Å². The average molecular weight is 191 g/mol. The zero-order chi connectivity index (χ0) is 9.68. The maximum Gasteiger partial charge on any atom is 0.146 e. The highest BCUT2D eigenvalue weighted by molar-refractivity contribution is 7.81. The number of Topliss-reactive ketones (excluding diaryl/α,β-unsaturated/α-hetero) is 1. The van der Waals surface area contributed by atoms with Crippen LogP contribution in [-0.4, -0.2) is 11.5 Å². The molecular weight excluding hydrogens is 182 g/mol. The van der Waals surface area contributed by atoms with Crippen molar-refractivity contribution < 1.29 is 4.79 Å². The molecule has 0 N–H and O–H groups in total. The molecule has 0 radical (unpaired) electrons. The van der Waals surface area contributed by atoms with E-state index in [0.29, 0.717) is 12.0 Å². The van der Waals surface area contributed by atoms with Crippen LogP contribution in [-0.2, 0) is 11.2 Å². The Hall–Kier alpha value is -1.27. The first-order valence-electron chi connectivity index (χ1n) is 3.88. The van der Waals surface area contributed by atoms with E-state index in [0.717, 1.165) is 5.56 Å². The van der Waals surface area contributed by atoms with E-state index in [2.05, 4.69) is 12.6 Å². The van der Waals surface area contributed by atoms with Gasteiger partial charge in [-0.2, -0.15) is 17.9 Å². The molecule has 0 amide bonds. The summed E-state index contributed by atoms with van der Waals surface area (Å²) >= 11 is 3.88. The molecule has 0 aliphatic rings. The van der Waals surface area contributed by atoms with E-state index in [1.807, 2.05) is 12.1 Å². The third-order valence-electron chi connectivity index (χ3n) is 1.63. The standard InChI is InChI=1S/C10H9NOS/c11-6-9-3-1-2-8(4-9)5-10(12)7-13/h1-4,13H,5,7H2. The van der Waals surface area contributed by atoms with Crippen LogP contribution < -0.4 is 0 Å². The van der Waals surface area contributed by atoms with E-state index in [1.165, 1.54) is 0 Å². The summed E-state index contributed by atoms with van der Waals surface area (Å²) in [6.07, 6.45) is 0.360. The van der Waals surface area contributed by atoms with Crippen molar-refractivity contribution in [1.29, 1.82) is 5.26 Å². The SMILES string of the molecule is N#Cc1cccc(CC(=O)CS)c1. The van der Waals surface area contributed by atoms with Crippen molar-refractivity contribution >= 4 is 18.4 Å². The van der Waals surface area contributed by atoms with Gasteiger partial charge in [0.25, 0.3) is 0 Å². The predicted octanol–water partition coefficient (Wildman–Crippen LogP) is 1.60. The van der Waals surface area contributed by atoms with E-state index in [9.17, 15) is 4.79 Å². The van der Waals surface area contributed by atoms with Gasteiger partial charge in [0.1, 0.15) is 5.78 Å². The van der Waals surface area contributed by atoms with Crippen LogP contribution in [0.4, 0.5) is 0 Å². The second kappa shape index (κ2) is 4.68. The molecule has 0 aliphatic heterocycles. The molecule has 0 fully saturated rings. The van der Waals surface area contributed by atoms with Crippen molar-refractivity contribution in [3.63, 3.8) is 0 Å². The average Bonchev–Trinajstić information content (AvgIpc) is 2.18. The van der Waals surface area contributed by atoms with Crippen LogP contribution >= 0.6 is 12.6 Å². The fraction of sp³-hybridized carbons (Fsp3) is 0.200. The van der Waals surface area contributed by atoms with Gasteiger partial charge in [0.2, 0.25) is 0 Å². The van der Waals surface area contributed by atoms with Crippen molar-refractivity contribution in [3.05, 3.63) is 35.4 Å². The monoisotopic (exact) mass is 191 g/mol. The Kier molecular flexibility index (Phi) is 3.53. The summed E-state index contributed by atoms with van der Waals surface area (Å²) in [7, 11) is 0. The minimum absolute atomic E-state index is 0.0680. The lowest BCUT2D eigenvalue weighted by molar-refractivity contribution is -0.115. The van der Waals surface area contributed by atoms with Crippen LogP contribution in [0.25, 0.3) is 0 Å². The molecule has 0 saturated heterocycles. The summed E-state index contributed by atoms with van der Waals surface area (Å²) in [5.74, 6) is 0.315. The molecule has 13 heavy (non-hydrogen) atoms. The van der Waals surface area contributed by atoms with Crippen molar-refractivity contribution in [2.45, 2.75) is 6.42 Å². The summed E-state index contributed by atoms with van der Waals surface area (Å²) in [4.78, 5) is 11.0. The molecule has 3 heteroatoms. The Bertz CT molecular complexity index is 354. The summed E-state index contributed by atoms with van der Waals surface area (Å²) in [6, 6.07) is 9.08. The quantitative estimate of drug-likeness (QED) is 0.737. The van der Waals surface area contributed by atoms with Gasteiger partial charge in [-0.1, -0.05) is 12.1 Å². The van der Waals surface area contributed by atoms with Gasteiger partial charge < -0.3 is 0 Å². The Morgan fingerprint density at radius 2 is 2.31 bits per heavy atom. The van der Waals surface area contributed by atoms with Crippen LogP contribution in [0.5, 0.6) is 0 Å². The Labute approximate surface area is 82.6 Å². The maximum atomic E-state index is 11.0. The molecule has 66 valence electrons. The lowest BCUT2D eigenvalue weighted by Crippen LogP contribution is -2.03. The molecule has 0 bridgehead atoms. The van der Waals surface area contributed by atoms with Gasteiger partial charge in [0.15, 0.2) is 0 Å². The zero-order valence-electron chi connectivity index (χ0n) is 7.03. The van der Waals surface area contributed by atoms with Crippen molar-refractivity contribution in [1.82, 2.24) is 0 Å². The van der Waals surface area contributed by atoms with Crippen LogP contribution in [0, 0.1) is 11.3 Å². The summed E-state index contributed by atoms with van der Waals surface area (Å²) in [6.45, 7) is 0. The number of carbonyl (C=O) groups excluding carboxylic acids is 1. The van der Waals surface area contributed by atoms with Crippen LogP contribution in [0.1, 0.15) is 11.1 Å². The third-order valence-corrected chi connectivity index (χ3v) is 1.99. The number of ketones is 1. The highest BCUT2D eigenvalue weighted by Gasteiger charge is 2.01. The zero-order valence-corrected chi connectivity index (χ0v) is 7.92. The Morgan fingerprint density at radius 1 is 1.54 bits per heavy atom. The smallest absolute Gasteiger partial charge is 0.146 e. The molecule has 1 aromatic rings. The van der Waals surface area contributed by atoms with E-state index in [-0.39, 0.29) is 11.5 Å². The fourth-order valence-electron chi connectivity index (χ4n) is 1.03. The normalized spacial score (nSPS) is 9.23. The number of nitrogens with zero attached hydrogens (tertiary/aromatic N) is 1. The number of nitriles is 1. The van der Waals surface area contributed by atoms with Crippen LogP contribution in [0.15, 0.2) is 24.3 Å². The first-order chi connectivity index (χ1) is 6.26. The van der Waals surface area contributed by atoms with Crippen LogP contribution in [0.2, 0.25) is 0 Å². The molecule has 0 spiro atoms. The molecule has 0 atom stereocenters. The molecule has 0 unspecified atom stereocenters. The van der Waals surface area contributed by atoms with Crippen molar-refractivity contribution in [2.75, 3.05) is 5.75 Å². The van der Waals surface area contributed by atoms with Gasteiger partial charge in [0, 0.05) is 12.2 Å². The van der Waals surface area contributed by atoms with E-state index < -0.39 is 0 Å². The maximum absolute atomic E-state index is 11.0. The first-order valence-corrected chi connectivity index (χ1v) is 4.51. The number of carbonyl (C=O) groups is 1. The molecule has 1 rings (SSSR count). The number of rotatable bonds is 3. The molecule has 0 saturated carbocycles. The van der Waals surface area contributed by atoms with Gasteiger partial charge in [-0.25, -0.2) is 0 Å². The minimum atomic E-state index is 0.0680. The highest BCUT2D eigenvalue weighted by atomic mass is 32.1. The molecule has 2 nitrogen and oxygen atoms in total. The predicted molar refractivity (Wildman–Crippen MR) is 53.7 cm³/mol. The van der Waals surface area contributed by atoms with Crippen LogP contribution in [0.3, 0.4) is 0 Å². The second-order valence-electron chi connectivity index (χ2n) is 2.69. The van der Waals surface area contributed by atoms with E-state index >= 15 is 0 Å². The minimum Gasteiger partial charge on any atom is -0.298 e. The second-order valence-corrected chi connectivity index (χ2v) is 3.00.